The van der Waals surface area contributed by atoms with Crippen molar-refractivity contribution in [1.82, 2.24) is 15.0 Å². The fourth-order valence-corrected chi connectivity index (χ4v) is 3.26. The van der Waals surface area contributed by atoms with E-state index in [0.717, 1.165) is 16.2 Å². The summed E-state index contributed by atoms with van der Waals surface area (Å²) in [5, 5.41) is 30.8. The molecule has 0 aliphatic carbocycles. The Balaban J connectivity index is 0.000000141. The summed E-state index contributed by atoms with van der Waals surface area (Å²) in [6.07, 6.45) is 5.01. The minimum atomic E-state index is 0. The maximum Gasteiger partial charge on any atom is 0.141 e. The molecular weight excluding hydrogens is 565 g/mol. The molecule has 34 heavy (non-hydrogen) atoms. The van der Waals surface area contributed by atoms with Crippen LogP contribution in [-0.2, 0) is 0 Å². The number of aromatic hydroxyl groups is 3. The summed E-state index contributed by atoms with van der Waals surface area (Å²) in [5.41, 5.74) is 1.99. The van der Waals surface area contributed by atoms with Crippen LogP contribution in [0.25, 0.3) is 32.7 Å². The van der Waals surface area contributed by atoms with E-state index in [9.17, 15) is 15.3 Å². The van der Waals surface area contributed by atoms with Crippen molar-refractivity contribution in [2.45, 2.75) is 0 Å². The molecule has 0 radical (unpaired) electrons. The van der Waals surface area contributed by atoms with Crippen LogP contribution in [-0.4, -0.2) is 30.3 Å². The van der Waals surface area contributed by atoms with Crippen molar-refractivity contribution >= 4 is 32.7 Å². The van der Waals surface area contributed by atoms with E-state index in [-0.39, 0.29) is 57.6 Å². The monoisotopic (exact) mass is 587 g/mol. The molecule has 3 aromatic heterocycles. The van der Waals surface area contributed by atoms with Crippen LogP contribution >= 0.6 is 0 Å². The molecule has 3 N–H and O–H groups in total. The first kappa shape index (κ1) is 25.3. The average Bonchev–Trinajstić information content (AvgIpc) is 2.86. The van der Waals surface area contributed by atoms with E-state index in [1.807, 2.05) is 54.6 Å². The minimum Gasteiger partial charge on any atom is -0.506 e. The number of rotatable bonds is 0. The first-order chi connectivity index (χ1) is 16.1. The third-order valence-electron chi connectivity index (χ3n) is 4.83. The summed E-state index contributed by atoms with van der Waals surface area (Å²) in [4.78, 5) is 12.1. The summed E-state index contributed by atoms with van der Waals surface area (Å²) >= 11 is 0. The number of fused-ring (bicyclic) bond motifs is 3. The molecule has 0 aliphatic heterocycles. The first-order valence-electron chi connectivity index (χ1n) is 10.2. The molecule has 0 spiro atoms. The van der Waals surface area contributed by atoms with Gasteiger partial charge in [0.2, 0.25) is 0 Å². The number of nitrogens with zero attached hydrogens (tertiary/aromatic N) is 3. The Labute approximate surface area is 228 Å². The largest absolute Gasteiger partial charge is 0.506 e. The molecule has 0 fully saturated rings. The van der Waals surface area contributed by atoms with Crippen LogP contribution in [0.4, 0.5) is 0 Å². The Morgan fingerprint density at radius 2 is 0.647 bits per heavy atom. The normalized spacial score (nSPS) is 9.88. The van der Waals surface area contributed by atoms with Crippen LogP contribution in [0.5, 0.6) is 17.2 Å². The van der Waals surface area contributed by atoms with Gasteiger partial charge in [0.15, 0.2) is 0 Å². The van der Waals surface area contributed by atoms with Gasteiger partial charge in [-0.2, -0.15) is 0 Å². The van der Waals surface area contributed by atoms with Gasteiger partial charge in [-0.15, -0.1) is 0 Å². The Kier molecular flexibility index (Phi) is 9.06. The molecule has 3 aromatic carbocycles. The zero-order valence-electron chi connectivity index (χ0n) is 18.0. The van der Waals surface area contributed by atoms with Gasteiger partial charge < -0.3 is 15.3 Å². The van der Waals surface area contributed by atoms with E-state index in [2.05, 4.69) is 15.0 Å². The van der Waals surface area contributed by atoms with Crippen LogP contribution in [0.3, 0.4) is 0 Å². The zero-order valence-corrected chi connectivity index (χ0v) is 20.6. The third-order valence-corrected chi connectivity index (χ3v) is 4.83. The Morgan fingerprint density at radius 1 is 0.382 bits per heavy atom. The van der Waals surface area contributed by atoms with E-state index < -0.39 is 0 Å². The summed E-state index contributed by atoms with van der Waals surface area (Å²) in [7, 11) is 0. The second kappa shape index (κ2) is 12.2. The molecule has 0 aliphatic rings. The van der Waals surface area contributed by atoms with Crippen molar-refractivity contribution in [2.24, 2.45) is 0 Å². The van der Waals surface area contributed by atoms with Gasteiger partial charge in [-0.05, 0) is 36.4 Å². The van der Waals surface area contributed by atoms with E-state index in [0.29, 0.717) is 16.6 Å². The van der Waals surface area contributed by atoms with Crippen LogP contribution in [0.15, 0.2) is 110 Å². The van der Waals surface area contributed by atoms with Gasteiger partial charge in [0, 0.05) is 75.1 Å². The topological polar surface area (TPSA) is 99.4 Å². The maximum atomic E-state index is 9.31. The van der Waals surface area contributed by atoms with Gasteiger partial charge in [-0.25, -0.2) is 0 Å². The molecule has 0 amide bonds. The van der Waals surface area contributed by atoms with Crippen molar-refractivity contribution in [3.63, 3.8) is 0 Å². The third kappa shape index (κ3) is 6.15. The molecule has 3 heterocycles. The molecule has 7 heteroatoms. The second-order valence-electron chi connectivity index (χ2n) is 7.06. The zero-order chi connectivity index (χ0) is 23.0. The SMILES string of the molecule is Oc1cccc2cccnc12.Oc1cccc2cccnc12.Oc1cccc2cccnc12.[Sm]. The number of phenolic OH excluding ortho intramolecular Hbond substituents is 3. The first-order valence-corrected chi connectivity index (χ1v) is 10.2. The van der Waals surface area contributed by atoms with Crippen molar-refractivity contribution in [3.05, 3.63) is 110 Å². The number of aromatic nitrogens is 3. The fraction of sp³-hybridized carbons (Fsp3) is 0. The number of phenols is 3. The van der Waals surface area contributed by atoms with Gasteiger partial charge in [-0.1, -0.05) is 54.6 Å². The molecule has 168 valence electrons. The molecule has 6 aromatic rings. The van der Waals surface area contributed by atoms with Crippen molar-refractivity contribution in [1.29, 1.82) is 0 Å². The van der Waals surface area contributed by atoms with E-state index in [1.165, 1.54) is 0 Å². The summed E-state index contributed by atoms with van der Waals surface area (Å²) in [6, 6.07) is 27.4. The maximum absolute atomic E-state index is 9.31. The minimum absolute atomic E-state index is 0. The van der Waals surface area contributed by atoms with Gasteiger partial charge in [0.1, 0.15) is 33.8 Å². The predicted octanol–water partition coefficient (Wildman–Crippen LogP) is 5.82. The molecule has 0 bridgehead atoms. The van der Waals surface area contributed by atoms with Crippen LogP contribution in [0.1, 0.15) is 0 Å². The fourth-order valence-electron chi connectivity index (χ4n) is 3.26. The summed E-state index contributed by atoms with van der Waals surface area (Å²) in [5.74, 6) is 0.717. The Hall–Kier alpha value is -3.37. The van der Waals surface area contributed by atoms with Crippen molar-refractivity contribution in [3.8, 4) is 17.2 Å². The Morgan fingerprint density at radius 3 is 0.912 bits per heavy atom. The van der Waals surface area contributed by atoms with Crippen molar-refractivity contribution in [2.75, 3.05) is 0 Å². The van der Waals surface area contributed by atoms with Crippen molar-refractivity contribution < 1.29 is 55.7 Å². The number of pyridine rings is 3. The molecule has 0 saturated heterocycles. The van der Waals surface area contributed by atoms with Gasteiger partial charge in [0.25, 0.3) is 0 Å². The smallest absolute Gasteiger partial charge is 0.141 e. The predicted molar refractivity (Wildman–Crippen MR) is 130 cm³/mol. The Bertz CT molecular complexity index is 1330. The average molecular weight is 586 g/mol. The summed E-state index contributed by atoms with van der Waals surface area (Å²) < 4.78 is 0. The second-order valence-corrected chi connectivity index (χ2v) is 7.06. The number of benzene rings is 3. The summed E-state index contributed by atoms with van der Waals surface area (Å²) in [6.45, 7) is 0. The van der Waals surface area contributed by atoms with Gasteiger partial charge in [0.05, 0.1) is 0 Å². The number of hydrogen-bond donors (Lipinski definition) is 3. The van der Waals surface area contributed by atoms with Crippen LogP contribution in [0, 0.1) is 40.4 Å². The van der Waals surface area contributed by atoms with E-state index in [1.54, 1.807) is 55.0 Å². The number of hydrogen-bond acceptors (Lipinski definition) is 6. The van der Waals surface area contributed by atoms with Gasteiger partial charge in [-0.3, -0.25) is 15.0 Å². The molecule has 6 nitrogen and oxygen atoms in total. The standard InChI is InChI=1S/3C9H7NO.Sm/c3*11-8-5-1-3-7-4-2-6-10-9(7)8;/h3*1-6,11H;. The number of para-hydroxylation sites is 3. The van der Waals surface area contributed by atoms with Gasteiger partial charge >= 0.3 is 0 Å². The molecule has 0 atom stereocenters. The van der Waals surface area contributed by atoms with E-state index >= 15 is 0 Å². The van der Waals surface area contributed by atoms with Crippen LogP contribution < -0.4 is 0 Å². The quantitative estimate of drug-likeness (QED) is 0.208. The molecule has 0 unspecified atom stereocenters. The molecule has 0 saturated carbocycles. The van der Waals surface area contributed by atoms with E-state index in [4.69, 9.17) is 0 Å². The van der Waals surface area contributed by atoms with Crippen LogP contribution in [0.2, 0.25) is 0 Å². The molecular formula is C27H21N3O3Sm. The molecule has 6 rings (SSSR count).